The van der Waals surface area contributed by atoms with Gasteiger partial charge in [-0.25, -0.2) is 19.7 Å². The first kappa shape index (κ1) is 16.1. The van der Waals surface area contributed by atoms with E-state index in [4.69, 9.17) is 9.72 Å². The van der Waals surface area contributed by atoms with Crippen molar-refractivity contribution in [3.05, 3.63) is 35.7 Å². The van der Waals surface area contributed by atoms with Crippen molar-refractivity contribution < 1.29 is 9.53 Å². The van der Waals surface area contributed by atoms with E-state index >= 15 is 0 Å². The largest absolute Gasteiger partial charge is 0.461 e. The van der Waals surface area contributed by atoms with E-state index in [2.05, 4.69) is 21.8 Å². The predicted octanol–water partition coefficient (Wildman–Crippen LogP) is 1.91. The molecule has 4 rings (SSSR count). The first-order chi connectivity index (χ1) is 12.1. The Hall–Kier alpha value is -2.44. The highest BCUT2D eigenvalue weighted by Crippen LogP contribution is 2.51. The molecule has 2 aliphatic rings. The van der Waals surface area contributed by atoms with Crippen molar-refractivity contribution in [2.75, 3.05) is 24.6 Å². The van der Waals surface area contributed by atoms with Crippen LogP contribution in [0, 0.1) is 24.7 Å². The molecule has 0 spiro atoms. The second-order valence-corrected chi connectivity index (χ2v) is 7.02. The van der Waals surface area contributed by atoms with Crippen molar-refractivity contribution in [3.8, 4) is 0 Å². The van der Waals surface area contributed by atoms with Gasteiger partial charge in [0.2, 0.25) is 5.95 Å². The highest BCUT2D eigenvalue weighted by molar-refractivity contribution is 5.86. The lowest BCUT2D eigenvalue weighted by Crippen LogP contribution is -2.26. The van der Waals surface area contributed by atoms with E-state index < -0.39 is 5.97 Å². The maximum Gasteiger partial charge on any atom is 0.358 e. The van der Waals surface area contributed by atoms with Crippen LogP contribution in [0.2, 0.25) is 0 Å². The fourth-order valence-electron chi connectivity index (χ4n) is 3.73. The summed E-state index contributed by atoms with van der Waals surface area (Å²) in [6, 6.07) is 0. The Morgan fingerprint density at radius 3 is 2.76 bits per heavy atom. The number of hydrogen-bond donors (Lipinski definition) is 0. The van der Waals surface area contributed by atoms with Crippen LogP contribution in [0.1, 0.15) is 35.6 Å². The fraction of sp³-hybridized carbons (Fsp3) is 0.556. The molecular formula is C18H23N5O2. The van der Waals surface area contributed by atoms with Gasteiger partial charge in [0.1, 0.15) is 0 Å². The van der Waals surface area contributed by atoms with E-state index in [0.29, 0.717) is 18.8 Å². The van der Waals surface area contributed by atoms with E-state index in [-0.39, 0.29) is 0 Å². The molecule has 7 heteroatoms. The molecule has 3 heterocycles. The number of hydrogen-bond acceptors (Lipinski definition) is 6. The number of anilines is 1. The van der Waals surface area contributed by atoms with Gasteiger partial charge < -0.3 is 14.2 Å². The molecule has 1 aliphatic carbocycles. The predicted molar refractivity (Wildman–Crippen MR) is 92.4 cm³/mol. The van der Waals surface area contributed by atoms with Crippen LogP contribution in [-0.2, 0) is 11.3 Å². The molecule has 7 nitrogen and oxygen atoms in total. The molecule has 1 aliphatic heterocycles. The van der Waals surface area contributed by atoms with Gasteiger partial charge in [-0.15, -0.1) is 0 Å². The van der Waals surface area contributed by atoms with E-state index in [1.165, 1.54) is 0 Å². The number of piperidine rings is 1. The third-order valence-electron chi connectivity index (χ3n) is 5.44. The molecule has 0 amide bonds. The second kappa shape index (κ2) is 6.13. The zero-order valence-corrected chi connectivity index (χ0v) is 14.8. The normalized spacial score (nSPS) is 24.3. The molecule has 2 aromatic rings. The number of carbonyl (C=O) groups excluding carboxylic acids is 1. The molecular weight excluding hydrogens is 318 g/mol. The van der Waals surface area contributed by atoms with E-state index in [1.54, 1.807) is 19.4 Å². The van der Waals surface area contributed by atoms with Crippen LogP contribution in [0.3, 0.4) is 0 Å². The van der Waals surface area contributed by atoms with E-state index in [0.717, 1.165) is 48.0 Å². The van der Waals surface area contributed by atoms with Gasteiger partial charge in [-0.1, -0.05) is 6.92 Å². The summed E-state index contributed by atoms with van der Waals surface area (Å²) in [5.74, 6) is 2.96. The number of aryl methyl sites for hydroxylation is 1. The van der Waals surface area contributed by atoms with Crippen LogP contribution in [0.5, 0.6) is 0 Å². The molecule has 0 radical (unpaired) electrons. The molecule has 0 N–H and O–H groups in total. The zero-order chi connectivity index (χ0) is 17.6. The van der Waals surface area contributed by atoms with E-state index in [9.17, 15) is 4.79 Å². The van der Waals surface area contributed by atoms with Gasteiger partial charge in [0.25, 0.3) is 0 Å². The molecule has 2 fully saturated rings. The van der Waals surface area contributed by atoms with Crippen molar-refractivity contribution in [2.45, 2.75) is 27.3 Å². The van der Waals surface area contributed by atoms with Crippen LogP contribution >= 0.6 is 0 Å². The van der Waals surface area contributed by atoms with Gasteiger partial charge >= 0.3 is 5.97 Å². The Bertz CT molecular complexity index is 791. The van der Waals surface area contributed by atoms with Crippen molar-refractivity contribution in [1.29, 1.82) is 0 Å². The summed E-state index contributed by atoms with van der Waals surface area (Å²) in [4.78, 5) is 27.3. The minimum absolute atomic E-state index is 0.322. The molecule has 3 atom stereocenters. The van der Waals surface area contributed by atoms with Gasteiger partial charge in [0, 0.05) is 36.7 Å². The third kappa shape index (κ3) is 2.99. The molecule has 2 aromatic heterocycles. The highest BCUT2D eigenvalue weighted by atomic mass is 16.5. The molecule has 1 unspecified atom stereocenters. The van der Waals surface area contributed by atoms with Gasteiger partial charge in [-0.2, -0.15) is 0 Å². The Balaban J connectivity index is 1.44. The summed E-state index contributed by atoms with van der Waals surface area (Å²) < 4.78 is 6.81. The Morgan fingerprint density at radius 2 is 2.08 bits per heavy atom. The lowest BCUT2D eigenvalue weighted by molar-refractivity contribution is 0.0520. The lowest BCUT2D eigenvalue weighted by atomic mass is 10.2. The fourth-order valence-corrected chi connectivity index (χ4v) is 3.73. The number of imidazole rings is 1. The summed E-state index contributed by atoms with van der Waals surface area (Å²) in [6.07, 6.45) is 5.21. The average molecular weight is 341 g/mol. The quantitative estimate of drug-likeness (QED) is 0.774. The third-order valence-corrected chi connectivity index (χ3v) is 5.44. The molecule has 0 bridgehead atoms. The summed E-state index contributed by atoms with van der Waals surface area (Å²) in [7, 11) is 0. The lowest BCUT2D eigenvalue weighted by Gasteiger charge is -2.19. The minimum atomic E-state index is -0.397. The van der Waals surface area contributed by atoms with Crippen molar-refractivity contribution in [3.63, 3.8) is 0 Å². The molecule has 25 heavy (non-hydrogen) atoms. The SMILES string of the molecule is CCOC(=O)c1cn(Cc2cnc(N3C[C@@H]4C(C)[C@@H]4C3)nc2C)cn1. The minimum Gasteiger partial charge on any atom is -0.461 e. The maximum atomic E-state index is 11.7. The number of carbonyl (C=O) groups is 1. The standard InChI is InChI=1S/C18H23N5O2/c1-4-25-17(24)16-9-22(10-20-16)6-13-5-19-18(21-12(13)3)23-7-14-11(2)15(14)8-23/h5,9-11,14-15H,4,6-8H2,1-3H3/t11?,14-,15+. The highest BCUT2D eigenvalue weighted by Gasteiger charge is 2.53. The van der Waals surface area contributed by atoms with Crippen LogP contribution in [0.25, 0.3) is 0 Å². The topological polar surface area (TPSA) is 73.1 Å². The molecule has 1 saturated heterocycles. The molecule has 0 aromatic carbocycles. The summed E-state index contributed by atoms with van der Waals surface area (Å²) in [5.41, 5.74) is 2.31. The first-order valence-corrected chi connectivity index (χ1v) is 8.83. The zero-order valence-electron chi connectivity index (χ0n) is 14.8. The van der Waals surface area contributed by atoms with Crippen LogP contribution in [0.4, 0.5) is 5.95 Å². The molecule has 132 valence electrons. The van der Waals surface area contributed by atoms with Gasteiger partial charge in [0.05, 0.1) is 19.5 Å². The number of rotatable bonds is 5. The number of nitrogens with zero attached hydrogens (tertiary/aromatic N) is 5. The Kier molecular flexibility index (Phi) is 3.94. The number of fused-ring (bicyclic) bond motifs is 1. The second-order valence-electron chi connectivity index (χ2n) is 7.02. The monoisotopic (exact) mass is 341 g/mol. The summed E-state index contributed by atoms with van der Waals surface area (Å²) in [5, 5.41) is 0. The van der Waals surface area contributed by atoms with Crippen LogP contribution < -0.4 is 4.90 Å². The Morgan fingerprint density at radius 1 is 1.32 bits per heavy atom. The van der Waals surface area contributed by atoms with Crippen molar-refractivity contribution >= 4 is 11.9 Å². The summed E-state index contributed by atoms with van der Waals surface area (Å²) in [6.45, 7) is 9.20. The van der Waals surface area contributed by atoms with Crippen LogP contribution in [-0.4, -0.2) is 45.2 Å². The van der Waals surface area contributed by atoms with Crippen molar-refractivity contribution in [2.24, 2.45) is 17.8 Å². The maximum absolute atomic E-state index is 11.7. The van der Waals surface area contributed by atoms with Crippen LogP contribution in [0.15, 0.2) is 18.7 Å². The van der Waals surface area contributed by atoms with E-state index in [1.807, 2.05) is 17.7 Å². The van der Waals surface area contributed by atoms with Gasteiger partial charge in [-0.3, -0.25) is 0 Å². The molecule has 1 saturated carbocycles. The van der Waals surface area contributed by atoms with Gasteiger partial charge in [0.15, 0.2) is 5.69 Å². The number of esters is 1. The Labute approximate surface area is 147 Å². The summed E-state index contributed by atoms with van der Waals surface area (Å²) >= 11 is 0. The first-order valence-electron chi connectivity index (χ1n) is 8.83. The average Bonchev–Trinajstić information content (AvgIpc) is 3.03. The van der Waals surface area contributed by atoms with Crippen molar-refractivity contribution in [1.82, 2.24) is 19.5 Å². The smallest absolute Gasteiger partial charge is 0.358 e. The van der Waals surface area contributed by atoms with Gasteiger partial charge in [-0.05, 0) is 31.6 Å². The number of ether oxygens (including phenoxy) is 1. The number of aromatic nitrogens is 4.